The molecule has 0 bridgehead atoms. The van der Waals surface area contributed by atoms with Gasteiger partial charge < -0.3 is 5.73 Å². The third kappa shape index (κ3) is 1.65. The molecule has 2 N–H and O–H groups in total. The number of aromatic nitrogens is 1. The highest BCUT2D eigenvalue weighted by Gasteiger charge is 2.11. The fraction of sp³-hybridized carbons (Fsp3) is 0.167. The third-order valence-corrected chi connectivity index (χ3v) is 1.94. The molecule has 1 aromatic rings. The number of hydrogen-bond donors (Lipinski definition) is 1. The molecular formula is C6H7N3O2S. The van der Waals surface area contributed by atoms with Gasteiger partial charge in [0.15, 0.2) is 0 Å². The largest absolute Gasteiger partial charge is 0.393 e. The summed E-state index contributed by atoms with van der Waals surface area (Å²) < 4.78 is 0. The van der Waals surface area contributed by atoms with E-state index in [1.807, 2.05) is 6.26 Å². The van der Waals surface area contributed by atoms with Crippen LogP contribution in [0.3, 0.4) is 0 Å². The van der Waals surface area contributed by atoms with Crippen LogP contribution in [0.2, 0.25) is 0 Å². The van der Waals surface area contributed by atoms with Crippen molar-refractivity contribution in [3.05, 3.63) is 22.4 Å². The van der Waals surface area contributed by atoms with Crippen molar-refractivity contribution in [1.82, 2.24) is 4.98 Å². The second-order valence-corrected chi connectivity index (χ2v) is 2.87. The van der Waals surface area contributed by atoms with Crippen LogP contribution < -0.4 is 5.73 Å². The van der Waals surface area contributed by atoms with E-state index in [4.69, 9.17) is 5.73 Å². The second kappa shape index (κ2) is 3.40. The molecule has 6 heteroatoms. The molecule has 0 saturated carbocycles. The van der Waals surface area contributed by atoms with E-state index >= 15 is 0 Å². The van der Waals surface area contributed by atoms with Crippen LogP contribution in [0.5, 0.6) is 0 Å². The highest BCUT2D eigenvalue weighted by molar-refractivity contribution is 7.98. The summed E-state index contributed by atoms with van der Waals surface area (Å²) in [6.45, 7) is 0. The Balaban J connectivity index is 3.12. The first kappa shape index (κ1) is 8.79. The van der Waals surface area contributed by atoms with Crippen LogP contribution in [-0.4, -0.2) is 16.2 Å². The number of nitrogen functional groups attached to an aromatic ring is 1. The zero-order chi connectivity index (χ0) is 9.14. The average molecular weight is 185 g/mol. The van der Waals surface area contributed by atoms with Gasteiger partial charge >= 0.3 is 5.69 Å². The second-order valence-electron chi connectivity index (χ2n) is 2.04. The fourth-order valence-electron chi connectivity index (χ4n) is 0.708. The van der Waals surface area contributed by atoms with Gasteiger partial charge in [-0.05, 0) is 6.26 Å². The number of nitro groups is 1. The number of nitrogens with zero attached hydrogens (tertiary/aromatic N) is 2. The molecule has 0 amide bonds. The van der Waals surface area contributed by atoms with E-state index in [-0.39, 0.29) is 11.4 Å². The smallest absolute Gasteiger partial charge is 0.310 e. The lowest BCUT2D eigenvalue weighted by molar-refractivity contribution is -0.384. The van der Waals surface area contributed by atoms with E-state index in [9.17, 15) is 10.1 Å². The van der Waals surface area contributed by atoms with Crippen LogP contribution in [0.15, 0.2) is 17.3 Å². The highest BCUT2D eigenvalue weighted by Crippen LogP contribution is 2.23. The lowest BCUT2D eigenvalue weighted by Crippen LogP contribution is -1.96. The van der Waals surface area contributed by atoms with E-state index in [0.717, 1.165) is 0 Å². The Kier molecular flexibility index (Phi) is 2.49. The topological polar surface area (TPSA) is 82.0 Å². The maximum Gasteiger partial charge on any atom is 0.310 e. The normalized spacial score (nSPS) is 9.75. The van der Waals surface area contributed by atoms with Crippen molar-refractivity contribution in [2.24, 2.45) is 0 Å². The summed E-state index contributed by atoms with van der Waals surface area (Å²) in [4.78, 5) is 13.6. The number of pyridine rings is 1. The summed E-state index contributed by atoms with van der Waals surface area (Å²) in [5, 5.41) is 11.0. The summed E-state index contributed by atoms with van der Waals surface area (Å²) in [5.74, 6) is 0. The van der Waals surface area contributed by atoms with Crippen molar-refractivity contribution in [3.63, 3.8) is 0 Å². The van der Waals surface area contributed by atoms with E-state index in [0.29, 0.717) is 5.03 Å². The maximum atomic E-state index is 10.3. The Morgan fingerprint density at radius 1 is 1.75 bits per heavy atom. The molecule has 0 radical (unpaired) electrons. The van der Waals surface area contributed by atoms with Crippen molar-refractivity contribution in [2.45, 2.75) is 5.03 Å². The van der Waals surface area contributed by atoms with Gasteiger partial charge in [-0.1, -0.05) is 0 Å². The molecule has 0 aromatic carbocycles. The molecule has 64 valence electrons. The Bertz CT molecular complexity index is 316. The summed E-state index contributed by atoms with van der Waals surface area (Å²) in [7, 11) is 0. The molecule has 0 unspecified atom stereocenters. The van der Waals surface area contributed by atoms with E-state index in [1.165, 1.54) is 24.0 Å². The number of rotatable bonds is 2. The molecule has 12 heavy (non-hydrogen) atoms. The Labute approximate surface area is 73.1 Å². The van der Waals surface area contributed by atoms with Gasteiger partial charge in [0.05, 0.1) is 9.95 Å². The molecule has 0 spiro atoms. The third-order valence-electron chi connectivity index (χ3n) is 1.29. The summed E-state index contributed by atoms with van der Waals surface area (Å²) in [5.41, 5.74) is 5.41. The first-order chi connectivity index (χ1) is 5.65. The molecule has 0 saturated heterocycles. The minimum atomic E-state index is -0.549. The average Bonchev–Trinajstić information content (AvgIpc) is 2.03. The van der Waals surface area contributed by atoms with Crippen LogP contribution in [0, 0.1) is 10.1 Å². The standard InChI is InChI=1S/C6H7N3O2S/c1-12-6-2-4(7)5(3-8-6)9(10)11/h2-3H,1H3,(H2,7,8). The van der Waals surface area contributed by atoms with Gasteiger partial charge in [-0.3, -0.25) is 10.1 Å². The number of hydrogen-bond acceptors (Lipinski definition) is 5. The number of anilines is 1. The lowest BCUT2D eigenvalue weighted by Gasteiger charge is -1.97. The van der Waals surface area contributed by atoms with Gasteiger partial charge in [0.25, 0.3) is 0 Å². The van der Waals surface area contributed by atoms with Crippen molar-refractivity contribution < 1.29 is 4.92 Å². The molecular weight excluding hydrogens is 178 g/mol. The molecule has 0 atom stereocenters. The van der Waals surface area contributed by atoms with Crippen LogP contribution in [-0.2, 0) is 0 Å². The molecule has 1 rings (SSSR count). The SMILES string of the molecule is CSc1cc(N)c([N+](=O)[O-])cn1. The quantitative estimate of drug-likeness (QED) is 0.426. The van der Waals surface area contributed by atoms with E-state index in [1.54, 1.807) is 0 Å². The van der Waals surface area contributed by atoms with Gasteiger partial charge in [-0.2, -0.15) is 0 Å². The minimum Gasteiger partial charge on any atom is -0.393 e. The molecule has 1 heterocycles. The van der Waals surface area contributed by atoms with Crippen LogP contribution >= 0.6 is 11.8 Å². The van der Waals surface area contributed by atoms with Crippen molar-refractivity contribution in [1.29, 1.82) is 0 Å². The predicted octanol–water partition coefficient (Wildman–Crippen LogP) is 1.29. The fourth-order valence-corrected chi connectivity index (χ4v) is 1.11. The number of nitrogens with two attached hydrogens (primary N) is 1. The minimum absolute atomic E-state index is 0.146. The Hall–Kier alpha value is -1.30. The molecule has 0 aliphatic heterocycles. The van der Waals surface area contributed by atoms with Gasteiger partial charge in [0.2, 0.25) is 0 Å². The van der Waals surface area contributed by atoms with E-state index < -0.39 is 4.92 Å². The van der Waals surface area contributed by atoms with Crippen LogP contribution in [0.25, 0.3) is 0 Å². The Morgan fingerprint density at radius 3 is 2.83 bits per heavy atom. The molecule has 1 aromatic heterocycles. The molecule has 0 aliphatic rings. The Morgan fingerprint density at radius 2 is 2.42 bits per heavy atom. The predicted molar refractivity (Wildman–Crippen MR) is 47.1 cm³/mol. The van der Waals surface area contributed by atoms with Gasteiger partial charge in [0, 0.05) is 6.07 Å². The first-order valence-corrected chi connectivity index (χ1v) is 4.31. The zero-order valence-electron chi connectivity index (χ0n) is 6.35. The highest BCUT2D eigenvalue weighted by atomic mass is 32.2. The van der Waals surface area contributed by atoms with Gasteiger partial charge in [-0.25, -0.2) is 4.98 Å². The van der Waals surface area contributed by atoms with Gasteiger partial charge in [-0.15, -0.1) is 11.8 Å². The van der Waals surface area contributed by atoms with Crippen LogP contribution in [0.1, 0.15) is 0 Å². The first-order valence-electron chi connectivity index (χ1n) is 3.09. The molecule has 0 fully saturated rings. The maximum absolute atomic E-state index is 10.3. The number of thioether (sulfide) groups is 1. The summed E-state index contributed by atoms with van der Waals surface area (Å²) >= 11 is 1.39. The molecule has 0 aliphatic carbocycles. The summed E-state index contributed by atoms with van der Waals surface area (Å²) in [6.07, 6.45) is 2.99. The van der Waals surface area contributed by atoms with Crippen molar-refractivity contribution in [3.8, 4) is 0 Å². The van der Waals surface area contributed by atoms with Crippen molar-refractivity contribution >= 4 is 23.1 Å². The van der Waals surface area contributed by atoms with Crippen molar-refractivity contribution in [2.75, 3.05) is 12.0 Å². The van der Waals surface area contributed by atoms with Crippen LogP contribution in [0.4, 0.5) is 11.4 Å². The molecule has 5 nitrogen and oxygen atoms in total. The summed E-state index contributed by atoms with van der Waals surface area (Å²) in [6, 6.07) is 1.49. The zero-order valence-corrected chi connectivity index (χ0v) is 7.17. The van der Waals surface area contributed by atoms with Gasteiger partial charge in [0.1, 0.15) is 11.9 Å². The van der Waals surface area contributed by atoms with E-state index in [2.05, 4.69) is 4.98 Å². The lowest BCUT2D eigenvalue weighted by atomic mass is 10.4. The monoisotopic (exact) mass is 185 g/mol.